The molecule has 0 N–H and O–H groups in total. The molecule has 2 aromatic rings. The Morgan fingerprint density at radius 1 is 1.38 bits per heavy atom. The van der Waals surface area contributed by atoms with Crippen LogP contribution in [0.3, 0.4) is 0 Å². The molecule has 5 nitrogen and oxygen atoms in total. The number of aromatic nitrogens is 5. The zero-order valence-electron chi connectivity index (χ0n) is 9.17. The average Bonchev–Trinajstić information content (AvgIpc) is 2.86. The van der Waals surface area contributed by atoms with Gasteiger partial charge in [0.15, 0.2) is 0 Å². The minimum atomic E-state index is 0.660. The summed E-state index contributed by atoms with van der Waals surface area (Å²) in [5, 5.41) is 12.4. The van der Waals surface area contributed by atoms with Crippen LogP contribution in [0.5, 0.6) is 0 Å². The minimum Gasteiger partial charge on any atom is -0.275 e. The quantitative estimate of drug-likeness (QED) is 0.738. The molecule has 86 valence electrons. The largest absolute Gasteiger partial charge is 0.275 e. The Bertz CT molecular complexity index is 448. The standard InChI is InChI=1S/C10H14ClN5/c1-15-6-4-10(13-15)8-16-7-9(12-14-16)3-2-5-11/h4,6-7H,2-3,5,8H2,1H3. The van der Waals surface area contributed by atoms with E-state index in [1.54, 1.807) is 9.36 Å². The van der Waals surface area contributed by atoms with E-state index in [4.69, 9.17) is 11.6 Å². The van der Waals surface area contributed by atoms with Gasteiger partial charge < -0.3 is 0 Å². The van der Waals surface area contributed by atoms with Crippen LogP contribution in [-0.4, -0.2) is 30.7 Å². The summed E-state index contributed by atoms with van der Waals surface area (Å²) >= 11 is 5.62. The van der Waals surface area contributed by atoms with Crippen molar-refractivity contribution in [3.05, 3.63) is 29.8 Å². The fraction of sp³-hybridized carbons (Fsp3) is 0.500. The van der Waals surface area contributed by atoms with E-state index in [1.165, 1.54) is 0 Å². The van der Waals surface area contributed by atoms with E-state index < -0.39 is 0 Å². The number of halogens is 1. The number of alkyl halides is 1. The first-order valence-electron chi connectivity index (χ1n) is 5.21. The molecule has 0 radical (unpaired) electrons. The molecular weight excluding hydrogens is 226 g/mol. The molecule has 16 heavy (non-hydrogen) atoms. The lowest BCUT2D eigenvalue weighted by Gasteiger charge is -1.95. The van der Waals surface area contributed by atoms with Crippen LogP contribution in [0.4, 0.5) is 0 Å². The molecule has 0 atom stereocenters. The molecule has 0 aliphatic carbocycles. The van der Waals surface area contributed by atoms with Crippen LogP contribution in [0, 0.1) is 0 Å². The van der Waals surface area contributed by atoms with Crippen molar-refractivity contribution in [1.82, 2.24) is 24.8 Å². The van der Waals surface area contributed by atoms with E-state index in [2.05, 4.69) is 15.4 Å². The second-order valence-electron chi connectivity index (χ2n) is 3.68. The number of hydrogen-bond donors (Lipinski definition) is 0. The lowest BCUT2D eigenvalue weighted by molar-refractivity contribution is 0.624. The first kappa shape index (κ1) is 11.1. The number of hydrogen-bond acceptors (Lipinski definition) is 3. The summed E-state index contributed by atoms with van der Waals surface area (Å²) in [7, 11) is 1.90. The van der Waals surface area contributed by atoms with Gasteiger partial charge in [-0.2, -0.15) is 5.10 Å². The summed E-state index contributed by atoms with van der Waals surface area (Å²) in [5.41, 5.74) is 1.97. The number of aryl methyl sites for hydroxylation is 2. The number of nitrogens with zero attached hydrogens (tertiary/aromatic N) is 5. The van der Waals surface area contributed by atoms with Gasteiger partial charge in [0.25, 0.3) is 0 Å². The molecule has 2 heterocycles. The second kappa shape index (κ2) is 5.12. The molecular formula is C10H14ClN5. The van der Waals surface area contributed by atoms with E-state index in [0.29, 0.717) is 12.4 Å². The van der Waals surface area contributed by atoms with Gasteiger partial charge in [-0.05, 0) is 18.9 Å². The van der Waals surface area contributed by atoms with E-state index in [0.717, 1.165) is 24.2 Å². The van der Waals surface area contributed by atoms with Gasteiger partial charge in [-0.25, -0.2) is 4.68 Å². The molecule has 0 saturated carbocycles. The molecule has 2 rings (SSSR count). The molecule has 0 aliphatic rings. The minimum absolute atomic E-state index is 0.660. The van der Waals surface area contributed by atoms with Crippen molar-refractivity contribution in [3.8, 4) is 0 Å². The van der Waals surface area contributed by atoms with Gasteiger partial charge in [0, 0.05) is 25.3 Å². The highest BCUT2D eigenvalue weighted by atomic mass is 35.5. The highest BCUT2D eigenvalue weighted by molar-refractivity contribution is 6.17. The zero-order chi connectivity index (χ0) is 11.4. The summed E-state index contributed by atoms with van der Waals surface area (Å²) in [6, 6.07) is 1.97. The topological polar surface area (TPSA) is 48.5 Å². The molecule has 0 unspecified atom stereocenters. The van der Waals surface area contributed by atoms with Crippen LogP contribution in [0.1, 0.15) is 17.8 Å². The van der Waals surface area contributed by atoms with Crippen molar-refractivity contribution in [2.45, 2.75) is 19.4 Å². The van der Waals surface area contributed by atoms with Crippen molar-refractivity contribution < 1.29 is 0 Å². The van der Waals surface area contributed by atoms with Gasteiger partial charge >= 0.3 is 0 Å². The predicted molar refractivity (Wildman–Crippen MR) is 61.4 cm³/mol. The van der Waals surface area contributed by atoms with Gasteiger partial charge in [0.05, 0.1) is 17.9 Å². The monoisotopic (exact) mass is 239 g/mol. The molecule has 0 fully saturated rings. The molecule has 6 heteroatoms. The predicted octanol–water partition coefficient (Wildman–Crippen LogP) is 1.23. The summed E-state index contributed by atoms with van der Waals surface area (Å²) in [4.78, 5) is 0. The zero-order valence-corrected chi connectivity index (χ0v) is 9.93. The van der Waals surface area contributed by atoms with Crippen molar-refractivity contribution in [3.63, 3.8) is 0 Å². The van der Waals surface area contributed by atoms with E-state index >= 15 is 0 Å². The Morgan fingerprint density at radius 3 is 2.94 bits per heavy atom. The molecule has 0 aromatic carbocycles. The third-order valence-electron chi connectivity index (χ3n) is 2.25. The van der Waals surface area contributed by atoms with Crippen molar-refractivity contribution >= 4 is 11.6 Å². The summed E-state index contributed by atoms with van der Waals surface area (Å²) in [6.45, 7) is 0.661. The van der Waals surface area contributed by atoms with Crippen LogP contribution in [0.25, 0.3) is 0 Å². The SMILES string of the molecule is Cn1ccc(Cn2cc(CCCCl)nn2)n1. The van der Waals surface area contributed by atoms with Crippen molar-refractivity contribution in [2.75, 3.05) is 5.88 Å². The molecule has 0 aliphatic heterocycles. The number of rotatable bonds is 5. The van der Waals surface area contributed by atoms with E-state index in [9.17, 15) is 0 Å². The van der Waals surface area contributed by atoms with Gasteiger partial charge in [-0.3, -0.25) is 4.68 Å². The fourth-order valence-electron chi connectivity index (χ4n) is 1.49. The van der Waals surface area contributed by atoms with Gasteiger partial charge in [-0.15, -0.1) is 16.7 Å². The highest BCUT2D eigenvalue weighted by Crippen LogP contribution is 2.02. The van der Waals surface area contributed by atoms with Gasteiger partial charge in [0.2, 0.25) is 0 Å². The fourth-order valence-corrected chi connectivity index (χ4v) is 1.63. The Kier molecular flexibility index (Phi) is 3.56. The molecule has 0 saturated heterocycles. The lowest BCUT2D eigenvalue weighted by Crippen LogP contribution is -2.01. The summed E-state index contributed by atoms with van der Waals surface area (Å²) in [5.74, 6) is 0.660. The maximum atomic E-state index is 5.62. The Balaban J connectivity index is 1.97. The first-order chi connectivity index (χ1) is 7.78. The van der Waals surface area contributed by atoms with Crippen LogP contribution in [0.15, 0.2) is 18.5 Å². The molecule has 0 spiro atoms. The molecule has 2 aromatic heterocycles. The normalized spacial score (nSPS) is 10.9. The van der Waals surface area contributed by atoms with Gasteiger partial charge in [0.1, 0.15) is 0 Å². The smallest absolute Gasteiger partial charge is 0.0867 e. The Hall–Kier alpha value is -1.36. The maximum Gasteiger partial charge on any atom is 0.0867 e. The van der Waals surface area contributed by atoms with Gasteiger partial charge in [-0.1, -0.05) is 5.21 Å². The van der Waals surface area contributed by atoms with Crippen LogP contribution < -0.4 is 0 Å². The Labute approximate surface area is 99.0 Å². The van der Waals surface area contributed by atoms with E-state index in [-0.39, 0.29) is 0 Å². The lowest BCUT2D eigenvalue weighted by atomic mass is 10.3. The van der Waals surface area contributed by atoms with Crippen molar-refractivity contribution in [1.29, 1.82) is 0 Å². The Morgan fingerprint density at radius 2 is 2.25 bits per heavy atom. The maximum absolute atomic E-state index is 5.62. The first-order valence-corrected chi connectivity index (χ1v) is 5.75. The summed E-state index contributed by atoms with van der Waals surface area (Å²) < 4.78 is 3.58. The van der Waals surface area contributed by atoms with Crippen LogP contribution in [0.2, 0.25) is 0 Å². The highest BCUT2D eigenvalue weighted by Gasteiger charge is 2.02. The van der Waals surface area contributed by atoms with E-state index in [1.807, 2.05) is 25.5 Å². The average molecular weight is 240 g/mol. The molecule has 0 amide bonds. The van der Waals surface area contributed by atoms with Crippen molar-refractivity contribution in [2.24, 2.45) is 7.05 Å². The third kappa shape index (κ3) is 2.82. The third-order valence-corrected chi connectivity index (χ3v) is 2.51. The van der Waals surface area contributed by atoms with Crippen LogP contribution in [-0.2, 0) is 20.0 Å². The van der Waals surface area contributed by atoms with Crippen LogP contribution >= 0.6 is 11.6 Å². The molecule has 0 bridgehead atoms. The summed E-state index contributed by atoms with van der Waals surface area (Å²) in [6.07, 6.45) is 5.68. The second-order valence-corrected chi connectivity index (χ2v) is 4.06.